The number of hydrogen-bond acceptors (Lipinski definition) is 4. The Morgan fingerprint density at radius 1 is 0.815 bits per heavy atom. The molecule has 4 heteroatoms. The molecule has 2 fully saturated rings. The van der Waals surface area contributed by atoms with E-state index in [4.69, 9.17) is 14.2 Å². The summed E-state index contributed by atoms with van der Waals surface area (Å²) in [6.07, 6.45) is 3.74. The number of fused-ring (bicyclic) bond motifs is 2. The van der Waals surface area contributed by atoms with Gasteiger partial charge in [-0.25, -0.2) is 0 Å². The first-order valence-electron chi connectivity index (χ1n) is 9.74. The molecule has 0 saturated carbocycles. The minimum Gasteiger partial charge on any atom is -0.497 e. The van der Waals surface area contributed by atoms with Gasteiger partial charge in [0.05, 0.1) is 21.3 Å². The maximum atomic E-state index is 5.59. The van der Waals surface area contributed by atoms with Crippen LogP contribution in [0.5, 0.6) is 17.2 Å². The standard InChI is InChI=1S/C23H29NO3/c1-24-17-8-11-20(24)23(16-7-12-21(26-3)22(13-16)27-4)19(14-17)15-5-9-18(25-2)10-6-15/h5-7,9-10,12-13,17,19-20,23H,8,11,14H2,1-4H3/t17-,19-,20+,23+/m0/s1. The summed E-state index contributed by atoms with van der Waals surface area (Å²) in [5.41, 5.74) is 2.74. The van der Waals surface area contributed by atoms with Crippen LogP contribution in [0.3, 0.4) is 0 Å². The molecule has 2 aromatic carbocycles. The van der Waals surface area contributed by atoms with Crippen LogP contribution in [0, 0.1) is 0 Å². The van der Waals surface area contributed by atoms with Crippen LogP contribution >= 0.6 is 0 Å². The highest BCUT2D eigenvalue weighted by Gasteiger charge is 2.46. The van der Waals surface area contributed by atoms with Crippen molar-refractivity contribution in [3.05, 3.63) is 53.6 Å². The van der Waals surface area contributed by atoms with Gasteiger partial charge in [-0.05, 0) is 67.6 Å². The summed E-state index contributed by atoms with van der Waals surface area (Å²) in [6, 6.07) is 16.3. The molecule has 0 aliphatic carbocycles. The Labute approximate surface area is 162 Å². The molecule has 4 nitrogen and oxygen atoms in total. The van der Waals surface area contributed by atoms with Crippen molar-refractivity contribution in [3.63, 3.8) is 0 Å². The van der Waals surface area contributed by atoms with Gasteiger partial charge in [0.25, 0.3) is 0 Å². The molecule has 2 bridgehead atoms. The number of benzene rings is 2. The lowest BCUT2D eigenvalue weighted by molar-refractivity contribution is 0.137. The molecule has 2 aliphatic rings. The highest BCUT2D eigenvalue weighted by molar-refractivity contribution is 5.46. The van der Waals surface area contributed by atoms with Crippen molar-refractivity contribution in [3.8, 4) is 17.2 Å². The van der Waals surface area contributed by atoms with Crippen molar-refractivity contribution in [1.82, 2.24) is 4.90 Å². The smallest absolute Gasteiger partial charge is 0.160 e. The zero-order valence-corrected chi connectivity index (χ0v) is 16.6. The van der Waals surface area contributed by atoms with Crippen molar-refractivity contribution < 1.29 is 14.2 Å². The van der Waals surface area contributed by atoms with E-state index >= 15 is 0 Å². The lowest BCUT2D eigenvalue weighted by Gasteiger charge is -2.43. The number of methoxy groups -OCH3 is 3. The van der Waals surface area contributed by atoms with Gasteiger partial charge in [0.1, 0.15) is 5.75 Å². The maximum absolute atomic E-state index is 5.59. The van der Waals surface area contributed by atoms with Crippen LogP contribution < -0.4 is 14.2 Å². The van der Waals surface area contributed by atoms with Crippen LogP contribution in [0.1, 0.15) is 42.2 Å². The number of likely N-dealkylation sites (N-methyl/N-ethyl adjacent to an activating group) is 1. The molecule has 0 unspecified atom stereocenters. The molecule has 0 amide bonds. The first-order chi connectivity index (χ1) is 13.2. The van der Waals surface area contributed by atoms with Crippen LogP contribution in [0.4, 0.5) is 0 Å². The summed E-state index contributed by atoms with van der Waals surface area (Å²) in [6.45, 7) is 0. The molecule has 0 aromatic heterocycles. The topological polar surface area (TPSA) is 30.9 Å². The quantitative estimate of drug-likeness (QED) is 0.781. The molecular formula is C23H29NO3. The van der Waals surface area contributed by atoms with Crippen molar-refractivity contribution >= 4 is 0 Å². The number of piperidine rings is 1. The summed E-state index contributed by atoms with van der Waals surface area (Å²) in [5, 5.41) is 0. The van der Waals surface area contributed by atoms with Gasteiger partial charge in [-0.3, -0.25) is 4.90 Å². The van der Waals surface area contributed by atoms with Crippen LogP contribution in [0.25, 0.3) is 0 Å². The van der Waals surface area contributed by atoms with Crippen LogP contribution in [-0.2, 0) is 0 Å². The van der Waals surface area contributed by atoms with Gasteiger partial charge in [0, 0.05) is 18.0 Å². The number of ether oxygens (including phenoxy) is 3. The number of rotatable bonds is 5. The fraction of sp³-hybridized carbons (Fsp3) is 0.478. The van der Waals surface area contributed by atoms with Crippen LogP contribution in [-0.4, -0.2) is 45.4 Å². The second-order valence-electron chi connectivity index (χ2n) is 7.72. The maximum Gasteiger partial charge on any atom is 0.160 e. The second-order valence-corrected chi connectivity index (χ2v) is 7.72. The van der Waals surface area contributed by atoms with E-state index in [2.05, 4.69) is 48.3 Å². The highest BCUT2D eigenvalue weighted by Crippen LogP contribution is 2.51. The molecule has 2 aliphatic heterocycles. The van der Waals surface area contributed by atoms with Gasteiger partial charge in [0.15, 0.2) is 11.5 Å². The number of hydrogen-bond donors (Lipinski definition) is 0. The van der Waals surface area contributed by atoms with E-state index in [1.165, 1.54) is 30.4 Å². The first-order valence-corrected chi connectivity index (χ1v) is 9.74. The third-order valence-corrected chi connectivity index (χ3v) is 6.61. The Morgan fingerprint density at radius 2 is 1.52 bits per heavy atom. The van der Waals surface area contributed by atoms with Gasteiger partial charge >= 0.3 is 0 Å². The van der Waals surface area contributed by atoms with Gasteiger partial charge in [0.2, 0.25) is 0 Å². The predicted molar refractivity (Wildman–Crippen MR) is 107 cm³/mol. The van der Waals surface area contributed by atoms with E-state index in [1.807, 2.05) is 6.07 Å². The molecule has 144 valence electrons. The third-order valence-electron chi connectivity index (χ3n) is 6.61. The SMILES string of the molecule is COc1ccc([C@@H]2C[C@@H]3CC[C@H]([C@@H]2c2ccc(OC)c(OC)c2)N3C)cc1. The van der Waals surface area contributed by atoms with E-state index in [0.717, 1.165) is 17.2 Å². The molecule has 0 N–H and O–H groups in total. The largest absolute Gasteiger partial charge is 0.497 e. The normalized spacial score (nSPS) is 27.4. The minimum absolute atomic E-state index is 0.446. The molecule has 4 atom stereocenters. The van der Waals surface area contributed by atoms with E-state index in [1.54, 1.807) is 21.3 Å². The average molecular weight is 367 g/mol. The van der Waals surface area contributed by atoms with E-state index in [9.17, 15) is 0 Å². The van der Waals surface area contributed by atoms with E-state index in [0.29, 0.717) is 23.9 Å². The summed E-state index contributed by atoms with van der Waals surface area (Å²) in [4.78, 5) is 2.60. The second kappa shape index (κ2) is 7.43. The Bertz CT molecular complexity index is 789. The molecule has 4 rings (SSSR count). The Balaban J connectivity index is 1.75. The van der Waals surface area contributed by atoms with Gasteiger partial charge in [-0.2, -0.15) is 0 Å². The van der Waals surface area contributed by atoms with Crippen molar-refractivity contribution in [2.45, 2.75) is 43.2 Å². The number of nitrogens with zero attached hydrogens (tertiary/aromatic N) is 1. The Morgan fingerprint density at radius 3 is 2.19 bits per heavy atom. The molecular weight excluding hydrogens is 338 g/mol. The average Bonchev–Trinajstić information content (AvgIpc) is 2.95. The van der Waals surface area contributed by atoms with Crippen molar-refractivity contribution in [2.24, 2.45) is 0 Å². The first kappa shape index (κ1) is 18.2. The molecule has 0 radical (unpaired) electrons. The summed E-state index contributed by atoms with van der Waals surface area (Å²) in [5.74, 6) is 3.46. The predicted octanol–water partition coefficient (Wildman–Crippen LogP) is 4.45. The minimum atomic E-state index is 0.446. The third kappa shape index (κ3) is 3.16. The molecule has 27 heavy (non-hydrogen) atoms. The van der Waals surface area contributed by atoms with Gasteiger partial charge in [-0.1, -0.05) is 18.2 Å². The summed E-state index contributed by atoms with van der Waals surface area (Å²) < 4.78 is 16.4. The fourth-order valence-electron chi connectivity index (χ4n) is 5.18. The molecule has 2 saturated heterocycles. The summed E-state index contributed by atoms with van der Waals surface area (Å²) >= 11 is 0. The van der Waals surface area contributed by atoms with E-state index < -0.39 is 0 Å². The zero-order chi connectivity index (χ0) is 19.0. The summed E-state index contributed by atoms with van der Waals surface area (Å²) in [7, 11) is 7.41. The Hall–Kier alpha value is -2.20. The highest BCUT2D eigenvalue weighted by atomic mass is 16.5. The van der Waals surface area contributed by atoms with Crippen molar-refractivity contribution in [1.29, 1.82) is 0 Å². The molecule has 2 aromatic rings. The Kier molecular flexibility index (Phi) is 5.00. The van der Waals surface area contributed by atoms with Crippen LogP contribution in [0.2, 0.25) is 0 Å². The zero-order valence-electron chi connectivity index (χ0n) is 16.6. The van der Waals surface area contributed by atoms with Crippen molar-refractivity contribution in [2.75, 3.05) is 28.4 Å². The van der Waals surface area contributed by atoms with Gasteiger partial charge in [-0.15, -0.1) is 0 Å². The molecule has 2 heterocycles. The fourth-order valence-corrected chi connectivity index (χ4v) is 5.18. The monoisotopic (exact) mass is 367 g/mol. The van der Waals surface area contributed by atoms with Crippen LogP contribution in [0.15, 0.2) is 42.5 Å². The lowest BCUT2D eigenvalue weighted by Crippen LogP contribution is -2.44. The van der Waals surface area contributed by atoms with Gasteiger partial charge < -0.3 is 14.2 Å². The molecule has 0 spiro atoms. The van der Waals surface area contributed by atoms with E-state index in [-0.39, 0.29) is 0 Å². The lowest BCUT2D eigenvalue weighted by atomic mass is 9.72.